The van der Waals surface area contributed by atoms with E-state index in [1.54, 1.807) is 4.90 Å². The molecule has 0 spiro atoms. The van der Waals surface area contributed by atoms with Crippen molar-refractivity contribution in [2.45, 2.75) is 18.6 Å². The molecule has 1 atom stereocenters. The van der Waals surface area contributed by atoms with Gasteiger partial charge in [0.05, 0.1) is 17.0 Å². The molecule has 1 aliphatic heterocycles. The van der Waals surface area contributed by atoms with E-state index < -0.39 is 44.9 Å². The second kappa shape index (κ2) is 8.06. The Morgan fingerprint density at radius 2 is 1.94 bits per heavy atom. The van der Waals surface area contributed by atoms with Crippen LogP contribution in [0.2, 0.25) is 5.02 Å². The molecule has 4 rings (SSSR count). The number of fused-ring (bicyclic) bond motifs is 1. The standard InChI is InChI=1S/C18H14ClF3N4O4.ClH/c19-10-6-12-13(7-11(10)24-4-3-9(23)8-24)26(29)17(18(20,21)22)15(25(12)28)16(27)14-2-1-5-30-14;/h1-2,5-7,9H,3-4,8,23H2;1H. The lowest BCUT2D eigenvalue weighted by Crippen LogP contribution is -2.50. The fourth-order valence-electron chi connectivity index (χ4n) is 3.52. The highest BCUT2D eigenvalue weighted by molar-refractivity contribution is 6.34. The van der Waals surface area contributed by atoms with Crippen LogP contribution >= 0.6 is 24.0 Å². The predicted octanol–water partition coefficient (Wildman–Crippen LogP) is 2.56. The highest BCUT2D eigenvalue weighted by Gasteiger charge is 2.52. The summed E-state index contributed by atoms with van der Waals surface area (Å²) in [6.07, 6.45) is -3.58. The number of nitrogens with zero attached hydrogens (tertiary/aromatic N) is 3. The second-order valence-electron chi connectivity index (χ2n) is 6.88. The van der Waals surface area contributed by atoms with Crippen molar-refractivity contribution in [2.75, 3.05) is 18.0 Å². The lowest BCUT2D eigenvalue weighted by atomic mass is 10.1. The van der Waals surface area contributed by atoms with Crippen LogP contribution in [0.15, 0.2) is 34.9 Å². The Morgan fingerprint density at radius 3 is 2.48 bits per heavy atom. The first kappa shape index (κ1) is 22.9. The number of ketones is 1. The fourth-order valence-corrected chi connectivity index (χ4v) is 3.80. The van der Waals surface area contributed by atoms with Gasteiger partial charge in [-0.1, -0.05) is 11.6 Å². The van der Waals surface area contributed by atoms with Gasteiger partial charge in [-0.3, -0.25) is 4.79 Å². The zero-order valence-electron chi connectivity index (χ0n) is 15.6. The highest BCUT2D eigenvalue weighted by atomic mass is 35.5. The summed E-state index contributed by atoms with van der Waals surface area (Å²) in [4.78, 5) is 14.3. The molecule has 13 heteroatoms. The summed E-state index contributed by atoms with van der Waals surface area (Å²) in [5.41, 5.74) is 1.75. The Balaban J connectivity index is 0.00000272. The van der Waals surface area contributed by atoms with E-state index >= 15 is 0 Å². The molecule has 0 aliphatic carbocycles. The molecule has 1 fully saturated rings. The van der Waals surface area contributed by atoms with E-state index in [-0.39, 0.29) is 33.9 Å². The lowest BCUT2D eigenvalue weighted by molar-refractivity contribution is -0.647. The third kappa shape index (κ3) is 3.84. The van der Waals surface area contributed by atoms with Crippen LogP contribution in [0, 0.1) is 10.4 Å². The normalized spacial score (nSPS) is 16.5. The molecule has 2 N–H and O–H groups in total. The highest BCUT2D eigenvalue weighted by Crippen LogP contribution is 2.34. The monoisotopic (exact) mass is 478 g/mol. The largest absolute Gasteiger partial charge is 0.618 e. The van der Waals surface area contributed by atoms with Crippen LogP contribution < -0.4 is 20.1 Å². The van der Waals surface area contributed by atoms with Crippen LogP contribution in [0.4, 0.5) is 18.9 Å². The molecular weight excluding hydrogens is 464 g/mol. The molecule has 0 radical (unpaired) electrons. The van der Waals surface area contributed by atoms with Crippen molar-refractivity contribution >= 4 is 46.5 Å². The van der Waals surface area contributed by atoms with Crippen molar-refractivity contribution in [1.82, 2.24) is 0 Å². The average Bonchev–Trinajstić information content (AvgIpc) is 3.34. The number of furan rings is 1. The molecular formula is C18H15Cl2F3N4O4. The molecule has 1 aromatic carbocycles. The maximum Gasteiger partial charge on any atom is 0.486 e. The zero-order chi connectivity index (χ0) is 21.8. The molecule has 0 saturated carbocycles. The number of rotatable bonds is 3. The van der Waals surface area contributed by atoms with Gasteiger partial charge in [-0.15, -0.1) is 17.1 Å². The average molecular weight is 479 g/mol. The minimum Gasteiger partial charge on any atom is -0.618 e. The first-order valence-electron chi connectivity index (χ1n) is 8.78. The first-order chi connectivity index (χ1) is 14.1. The summed E-state index contributed by atoms with van der Waals surface area (Å²) >= 11 is 6.24. The van der Waals surface area contributed by atoms with Gasteiger partial charge < -0.3 is 25.5 Å². The van der Waals surface area contributed by atoms with Gasteiger partial charge in [-0.05, 0) is 18.6 Å². The Hall–Kier alpha value is -2.76. The zero-order valence-corrected chi connectivity index (χ0v) is 17.1. The van der Waals surface area contributed by atoms with Crippen LogP contribution in [0.3, 0.4) is 0 Å². The molecule has 2 aromatic heterocycles. The molecule has 1 aliphatic rings. The van der Waals surface area contributed by atoms with Crippen molar-refractivity contribution in [3.63, 3.8) is 0 Å². The molecule has 0 amide bonds. The second-order valence-corrected chi connectivity index (χ2v) is 7.28. The van der Waals surface area contributed by atoms with Crippen molar-refractivity contribution in [3.05, 3.63) is 63.1 Å². The number of halogens is 5. The van der Waals surface area contributed by atoms with Crippen LogP contribution in [-0.4, -0.2) is 24.9 Å². The van der Waals surface area contributed by atoms with Crippen molar-refractivity contribution in [3.8, 4) is 0 Å². The van der Waals surface area contributed by atoms with Gasteiger partial charge in [-0.2, -0.15) is 17.9 Å². The van der Waals surface area contributed by atoms with Gasteiger partial charge in [0.15, 0.2) is 5.76 Å². The van der Waals surface area contributed by atoms with E-state index in [2.05, 4.69) is 0 Å². The van der Waals surface area contributed by atoms with Crippen molar-refractivity contribution < 1.29 is 31.8 Å². The Morgan fingerprint density at radius 1 is 1.26 bits per heavy atom. The van der Waals surface area contributed by atoms with Gasteiger partial charge in [-0.25, -0.2) is 0 Å². The number of nitrogens with two attached hydrogens (primary N) is 1. The van der Waals surface area contributed by atoms with E-state index in [0.29, 0.717) is 19.5 Å². The third-order valence-corrected chi connectivity index (χ3v) is 5.21. The number of anilines is 1. The molecule has 0 bridgehead atoms. The van der Waals surface area contributed by atoms with Gasteiger partial charge in [0, 0.05) is 31.3 Å². The number of hydrogen-bond acceptors (Lipinski definition) is 6. The number of hydrogen-bond donors (Lipinski definition) is 1. The Bertz CT molecular complexity index is 1160. The minimum absolute atomic E-state index is 0. The molecule has 3 heterocycles. The molecule has 1 saturated heterocycles. The molecule has 1 unspecified atom stereocenters. The summed E-state index contributed by atoms with van der Waals surface area (Å²) in [6, 6.07) is 4.38. The van der Waals surface area contributed by atoms with Crippen LogP contribution in [0.5, 0.6) is 0 Å². The summed E-state index contributed by atoms with van der Waals surface area (Å²) in [5, 5.41) is 25.6. The number of carbonyl (C=O) groups excluding carboxylic acids is 1. The first-order valence-corrected chi connectivity index (χ1v) is 9.15. The van der Waals surface area contributed by atoms with Crippen LogP contribution in [0.25, 0.3) is 11.0 Å². The van der Waals surface area contributed by atoms with Gasteiger partial charge >= 0.3 is 17.6 Å². The molecule has 8 nitrogen and oxygen atoms in total. The third-order valence-electron chi connectivity index (χ3n) is 4.91. The van der Waals surface area contributed by atoms with Crippen LogP contribution in [0.1, 0.15) is 28.4 Å². The summed E-state index contributed by atoms with van der Waals surface area (Å²) in [5.74, 6) is -1.89. The van der Waals surface area contributed by atoms with Gasteiger partial charge in [0.25, 0.3) is 16.8 Å². The fraction of sp³-hybridized carbons (Fsp3) is 0.278. The molecule has 3 aromatic rings. The van der Waals surface area contributed by atoms with Crippen molar-refractivity contribution in [1.29, 1.82) is 0 Å². The topological polar surface area (TPSA) is 113 Å². The van der Waals surface area contributed by atoms with Crippen molar-refractivity contribution in [2.24, 2.45) is 5.73 Å². The molecule has 31 heavy (non-hydrogen) atoms. The Labute approximate surface area is 184 Å². The molecule has 166 valence electrons. The number of carbonyl (C=O) groups is 1. The minimum atomic E-state index is -5.28. The van der Waals surface area contributed by atoms with E-state index in [1.807, 2.05) is 0 Å². The lowest BCUT2D eigenvalue weighted by Gasteiger charge is -2.20. The van der Waals surface area contributed by atoms with E-state index in [1.165, 1.54) is 6.07 Å². The smallest absolute Gasteiger partial charge is 0.486 e. The summed E-state index contributed by atoms with van der Waals surface area (Å²) < 4.78 is 45.4. The Kier molecular flexibility index (Phi) is 5.96. The quantitative estimate of drug-likeness (QED) is 0.351. The number of aromatic nitrogens is 2. The number of alkyl halides is 3. The van der Waals surface area contributed by atoms with Gasteiger partial charge in [0.1, 0.15) is 0 Å². The maximum absolute atomic E-state index is 13.7. The van der Waals surface area contributed by atoms with E-state index in [4.69, 9.17) is 21.8 Å². The van der Waals surface area contributed by atoms with Gasteiger partial charge in [0.2, 0.25) is 0 Å². The SMILES string of the molecule is Cl.NC1CCN(c2cc3c(cc2Cl)[n+]([O-])c(C(=O)c2ccco2)c(C(F)(F)F)[n+]3[O-])C1. The van der Waals surface area contributed by atoms with E-state index in [0.717, 1.165) is 24.5 Å². The van der Waals surface area contributed by atoms with E-state index in [9.17, 15) is 28.4 Å². The predicted molar refractivity (Wildman–Crippen MR) is 106 cm³/mol. The maximum atomic E-state index is 13.7. The summed E-state index contributed by atoms with van der Waals surface area (Å²) in [6.45, 7) is 0.881. The van der Waals surface area contributed by atoms with Crippen LogP contribution in [-0.2, 0) is 6.18 Å². The number of benzene rings is 1. The summed E-state index contributed by atoms with van der Waals surface area (Å²) in [7, 11) is 0.